The van der Waals surface area contributed by atoms with Crippen LogP contribution in [0, 0.1) is 15.9 Å². The molecule has 0 fully saturated rings. The Balaban J connectivity index is 3.17. The molecule has 0 aliphatic carbocycles. The van der Waals surface area contributed by atoms with Crippen molar-refractivity contribution in [2.24, 2.45) is 0 Å². The van der Waals surface area contributed by atoms with Crippen LogP contribution in [-0.4, -0.2) is 29.8 Å². The molecule has 100 valence electrons. The molecule has 0 aliphatic heterocycles. The number of anilines is 1. The molecule has 1 aromatic rings. The summed E-state index contributed by atoms with van der Waals surface area (Å²) < 4.78 is 18.2. The molecule has 1 rings (SSSR count). The van der Waals surface area contributed by atoms with Gasteiger partial charge in [0.25, 0.3) is 5.69 Å². The minimum atomic E-state index is -0.799. The van der Waals surface area contributed by atoms with Crippen LogP contribution in [0.5, 0.6) is 5.75 Å². The van der Waals surface area contributed by atoms with E-state index >= 15 is 0 Å². The van der Waals surface area contributed by atoms with Gasteiger partial charge in [-0.25, -0.2) is 4.39 Å². The third-order valence-electron chi connectivity index (χ3n) is 2.54. The fourth-order valence-electron chi connectivity index (χ4n) is 1.46. The molecule has 0 amide bonds. The number of hydrogen-bond donors (Lipinski definition) is 2. The quantitative estimate of drug-likeness (QED) is 0.601. The van der Waals surface area contributed by atoms with Gasteiger partial charge in [-0.2, -0.15) is 0 Å². The molecule has 7 heteroatoms. The summed E-state index contributed by atoms with van der Waals surface area (Å²) in [7, 11) is 1.28. The highest BCUT2D eigenvalue weighted by Crippen LogP contribution is 2.32. The monoisotopic (exact) mass is 258 g/mol. The van der Waals surface area contributed by atoms with E-state index in [0.717, 1.165) is 6.07 Å². The Labute approximate surface area is 104 Å². The summed E-state index contributed by atoms with van der Waals surface area (Å²) in [5.74, 6) is -0.886. The Hall–Kier alpha value is -1.89. The van der Waals surface area contributed by atoms with Crippen molar-refractivity contribution in [2.45, 2.75) is 19.4 Å². The third-order valence-corrected chi connectivity index (χ3v) is 2.54. The molecular formula is C11H15FN2O4. The van der Waals surface area contributed by atoms with Gasteiger partial charge in [-0.15, -0.1) is 0 Å². The summed E-state index contributed by atoms with van der Waals surface area (Å²) in [5.41, 5.74) is -0.264. The molecule has 0 unspecified atom stereocenters. The molecule has 1 aromatic carbocycles. The average molecular weight is 258 g/mol. The highest BCUT2D eigenvalue weighted by atomic mass is 19.1. The Morgan fingerprint density at radius 3 is 2.72 bits per heavy atom. The van der Waals surface area contributed by atoms with E-state index in [0.29, 0.717) is 6.42 Å². The topological polar surface area (TPSA) is 84.6 Å². The second kappa shape index (κ2) is 6.15. The van der Waals surface area contributed by atoms with E-state index in [1.54, 1.807) is 0 Å². The number of methoxy groups -OCH3 is 1. The van der Waals surface area contributed by atoms with Gasteiger partial charge in [-0.1, -0.05) is 6.92 Å². The van der Waals surface area contributed by atoms with Gasteiger partial charge in [0.2, 0.25) is 0 Å². The van der Waals surface area contributed by atoms with E-state index in [9.17, 15) is 14.5 Å². The molecule has 0 bridgehead atoms. The lowest BCUT2D eigenvalue weighted by atomic mass is 10.2. The van der Waals surface area contributed by atoms with Gasteiger partial charge in [-0.05, 0) is 6.42 Å². The molecular weight excluding hydrogens is 243 g/mol. The van der Waals surface area contributed by atoms with Crippen LogP contribution in [0.25, 0.3) is 0 Å². The van der Waals surface area contributed by atoms with E-state index in [1.165, 1.54) is 13.2 Å². The Bertz CT molecular complexity index is 435. The first-order valence-electron chi connectivity index (χ1n) is 5.42. The van der Waals surface area contributed by atoms with Gasteiger partial charge in [0.15, 0.2) is 11.6 Å². The van der Waals surface area contributed by atoms with Crippen LogP contribution in [0.4, 0.5) is 15.8 Å². The van der Waals surface area contributed by atoms with Gasteiger partial charge in [0.1, 0.15) is 5.69 Å². The Morgan fingerprint density at radius 1 is 1.61 bits per heavy atom. The van der Waals surface area contributed by atoms with Crippen molar-refractivity contribution in [2.75, 3.05) is 19.0 Å². The largest absolute Gasteiger partial charge is 0.494 e. The SMILES string of the molecule is CC[C@@H](CO)Nc1cc(OC)c(F)cc1[N+](=O)[O-]. The van der Waals surface area contributed by atoms with Crippen molar-refractivity contribution in [3.63, 3.8) is 0 Å². The number of ether oxygens (including phenoxy) is 1. The summed E-state index contributed by atoms with van der Waals surface area (Å²) >= 11 is 0. The summed E-state index contributed by atoms with van der Waals surface area (Å²) in [6.45, 7) is 1.65. The van der Waals surface area contributed by atoms with Crippen molar-refractivity contribution < 1.29 is 19.2 Å². The van der Waals surface area contributed by atoms with Gasteiger partial charge in [-0.3, -0.25) is 10.1 Å². The zero-order valence-electron chi connectivity index (χ0n) is 10.1. The van der Waals surface area contributed by atoms with Crippen LogP contribution in [0.1, 0.15) is 13.3 Å². The van der Waals surface area contributed by atoms with Crippen molar-refractivity contribution in [3.05, 3.63) is 28.1 Å². The minimum absolute atomic E-state index is 0.0871. The van der Waals surface area contributed by atoms with Crippen LogP contribution < -0.4 is 10.1 Å². The smallest absolute Gasteiger partial charge is 0.295 e. The number of benzene rings is 1. The third kappa shape index (κ3) is 3.07. The number of nitro benzene ring substituents is 1. The summed E-state index contributed by atoms with van der Waals surface area (Å²) in [5, 5.41) is 22.7. The number of nitro groups is 1. The highest BCUT2D eigenvalue weighted by molar-refractivity contribution is 5.65. The standard InChI is InChI=1S/C11H15FN2O4/c1-3-7(6-15)13-9-5-11(18-2)8(12)4-10(9)14(16)17/h4-5,7,13,15H,3,6H2,1-2H3/t7-/m0/s1. The van der Waals surface area contributed by atoms with E-state index in [2.05, 4.69) is 5.32 Å². The molecule has 0 spiro atoms. The number of hydrogen-bond acceptors (Lipinski definition) is 5. The van der Waals surface area contributed by atoms with Gasteiger partial charge < -0.3 is 15.2 Å². The fraction of sp³-hybridized carbons (Fsp3) is 0.455. The predicted molar refractivity (Wildman–Crippen MR) is 64.4 cm³/mol. The maximum absolute atomic E-state index is 13.4. The molecule has 2 N–H and O–H groups in total. The molecule has 0 aliphatic rings. The second-order valence-corrected chi connectivity index (χ2v) is 3.69. The maximum Gasteiger partial charge on any atom is 0.295 e. The molecule has 0 radical (unpaired) electrons. The van der Waals surface area contributed by atoms with E-state index in [4.69, 9.17) is 9.84 Å². The maximum atomic E-state index is 13.4. The lowest BCUT2D eigenvalue weighted by molar-refractivity contribution is -0.384. The van der Waals surface area contributed by atoms with Crippen molar-refractivity contribution in [1.82, 2.24) is 0 Å². The lowest BCUT2D eigenvalue weighted by Gasteiger charge is -2.16. The zero-order valence-corrected chi connectivity index (χ0v) is 10.1. The summed E-state index contributed by atoms with van der Waals surface area (Å²) in [6.07, 6.45) is 0.577. The van der Waals surface area contributed by atoms with Gasteiger partial charge >= 0.3 is 0 Å². The first-order chi connectivity index (χ1) is 8.53. The molecule has 0 saturated carbocycles. The normalized spacial score (nSPS) is 12.0. The number of nitrogens with one attached hydrogen (secondary N) is 1. The molecule has 0 heterocycles. The number of rotatable bonds is 6. The fourth-order valence-corrected chi connectivity index (χ4v) is 1.46. The van der Waals surface area contributed by atoms with E-state index in [1.807, 2.05) is 6.92 Å². The van der Waals surface area contributed by atoms with E-state index in [-0.39, 0.29) is 29.8 Å². The molecule has 1 atom stereocenters. The van der Waals surface area contributed by atoms with Crippen LogP contribution in [0.15, 0.2) is 12.1 Å². The Morgan fingerprint density at radius 2 is 2.28 bits per heavy atom. The van der Waals surface area contributed by atoms with Crippen LogP contribution in [0.2, 0.25) is 0 Å². The highest BCUT2D eigenvalue weighted by Gasteiger charge is 2.20. The lowest BCUT2D eigenvalue weighted by Crippen LogP contribution is -2.23. The van der Waals surface area contributed by atoms with Crippen molar-refractivity contribution >= 4 is 11.4 Å². The van der Waals surface area contributed by atoms with Crippen LogP contribution in [-0.2, 0) is 0 Å². The molecule has 0 aromatic heterocycles. The number of aliphatic hydroxyl groups excluding tert-OH is 1. The molecule has 6 nitrogen and oxygen atoms in total. The predicted octanol–water partition coefficient (Wildman–Crippen LogP) is 1.93. The molecule has 0 saturated heterocycles. The zero-order chi connectivity index (χ0) is 13.7. The number of halogens is 1. The summed E-state index contributed by atoms with van der Waals surface area (Å²) in [4.78, 5) is 10.1. The Kier molecular flexibility index (Phi) is 4.85. The number of aliphatic hydroxyl groups is 1. The first kappa shape index (κ1) is 14.2. The van der Waals surface area contributed by atoms with E-state index < -0.39 is 10.7 Å². The summed E-state index contributed by atoms with van der Waals surface area (Å²) in [6, 6.07) is 1.68. The van der Waals surface area contributed by atoms with Gasteiger partial charge in [0, 0.05) is 12.1 Å². The molecule has 18 heavy (non-hydrogen) atoms. The second-order valence-electron chi connectivity index (χ2n) is 3.69. The van der Waals surface area contributed by atoms with Crippen molar-refractivity contribution in [1.29, 1.82) is 0 Å². The van der Waals surface area contributed by atoms with Crippen molar-refractivity contribution in [3.8, 4) is 5.75 Å². The van der Waals surface area contributed by atoms with Crippen LogP contribution >= 0.6 is 0 Å². The number of nitrogens with zero attached hydrogens (tertiary/aromatic N) is 1. The first-order valence-corrected chi connectivity index (χ1v) is 5.42. The van der Waals surface area contributed by atoms with Crippen LogP contribution in [0.3, 0.4) is 0 Å². The average Bonchev–Trinajstić information content (AvgIpc) is 2.36. The van der Waals surface area contributed by atoms with Gasteiger partial charge in [0.05, 0.1) is 24.7 Å². The minimum Gasteiger partial charge on any atom is -0.494 e.